The van der Waals surface area contributed by atoms with Crippen molar-refractivity contribution in [2.75, 3.05) is 5.73 Å². The number of rotatable bonds is 5. The number of hydrogen-bond acceptors (Lipinski definition) is 4. The third-order valence-electron chi connectivity index (χ3n) is 3.96. The minimum absolute atomic E-state index is 0.186. The summed E-state index contributed by atoms with van der Waals surface area (Å²) >= 11 is 12.4. The molecule has 3 N–H and O–H groups in total. The molecule has 26 heavy (non-hydrogen) atoms. The Balaban J connectivity index is 1.89. The van der Waals surface area contributed by atoms with Gasteiger partial charge in [0.1, 0.15) is 5.82 Å². The van der Waals surface area contributed by atoms with Gasteiger partial charge in [-0.1, -0.05) is 41.4 Å². The average molecular weight is 388 g/mol. The van der Waals surface area contributed by atoms with Gasteiger partial charge in [0.25, 0.3) is 0 Å². The highest BCUT2D eigenvalue weighted by molar-refractivity contribution is 6.35. The molecule has 3 rings (SSSR count). The number of carboxylic acids is 1. The van der Waals surface area contributed by atoms with Gasteiger partial charge in [-0.2, -0.15) is 0 Å². The number of benzene rings is 2. The van der Waals surface area contributed by atoms with Crippen LogP contribution in [-0.2, 0) is 12.8 Å². The average Bonchev–Trinajstić information content (AvgIpc) is 2.62. The summed E-state index contributed by atoms with van der Waals surface area (Å²) in [5, 5.41) is 10.3. The highest BCUT2D eigenvalue weighted by atomic mass is 35.5. The number of carbonyl (C=O) groups is 1. The zero-order chi connectivity index (χ0) is 18.7. The van der Waals surface area contributed by atoms with Crippen molar-refractivity contribution in [3.63, 3.8) is 0 Å². The van der Waals surface area contributed by atoms with Crippen LogP contribution in [0.25, 0.3) is 11.3 Å². The molecule has 1 aromatic heterocycles. The number of aromatic nitrogens is 2. The van der Waals surface area contributed by atoms with Crippen molar-refractivity contribution in [3.8, 4) is 11.3 Å². The Labute approximate surface area is 160 Å². The van der Waals surface area contributed by atoms with Crippen LogP contribution in [0.15, 0.2) is 48.7 Å². The molecule has 132 valence electrons. The molecule has 1 heterocycles. The number of carboxylic acid groups (broad SMARTS) is 1. The molecule has 0 saturated carbocycles. The lowest BCUT2D eigenvalue weighted by Crippen LogP contribution is -2.05. The lowest BCUT2D eigenvalue weighted by Gasteiger charge is -2.10. The fourth-order valence-corrected chi connectivity index (χ4v) is 3.17. The lowest BCUT2D eigenvalue weighted by molar-refractivity contribution is 0.0697. The van der Waals surface area contributed by atoms with E-state index in [0.717, 1.165) is 5.56 Å². The molecule has 0 aliphatic heterocycles. The molecule has 0 bridgehead atoms. The molecule has 0 saturated heterocycles. The summed E-state index contributed by atoms with van der Waals surface area (Å²) in [4.78, 5) is 19.9. The second kappa shape index (κ2) is 7.72. The van der Waals surface area contributed by atoms with Crippen LogP contribution in [0.5, 0.6) is 0 Å². The van der Waals surface area contributed by atoms with Crippen molar-refractivity contribution < 1.29 is 9.90 Å². The molecule has 3 aromatic rings. The summed E-state index contributed by atoms with van der Waals surface area (Å²) in [5.74, 6) is -0.671. The summed E-state index contributed by atoms with van der Waals surface area (Å²) in [6, 6.07) is 11.9. The molecule has 0 aliphatic carbocycles. The molecular weight excluding hydrogens is 373 g/mol. The summed E-state index contributed by atoms with van der Waals surface area (Å²) in [6.07, 6.45) is 2.60. The second-order valence-electron chi connectivity index (χ2n) is 5.67. The van der Waals surface area contributed by atoms with E-state index in [9.17, 15) is 4.79 Å². The number of aryl methyl sites for hydroxylation is 1. The van der Waals surface area contributed by atoms with Crippen LogP contribution in [0.4, 0.5) is 5.82 Å². The Morgan fingerprint density at radius 1 is 1.08 bits per heavy atom. The number of nitrogen functional groups attached to an aromatic ring is 1. The first-order valence-electron chi connectivity index (χ1n) is 7.83. The topological polar surface area (TPSA) is 89.1 Å². The molecule has 0 atom stereocenters. The van der Waals surface area contributed by atoms with Crippen LogP contribution in [0.2, 0.25) is 10.0 Å². The monoisotopic (exact) mass is 387 g/mol. The summed E-state index contributed by atoms with van der Waals surface area (Å²) < 4.78 is 0. The van der Waals surface area contributed by atoms with Gasteiger partial charge in [0.15, 0.2) is 0 Å². The minimum atomic E-state index is -0.996. The first-order valence-corrected chi connectivity index (χ1v) is 8.59. The molecule has 2 aromatic carbocycles. The van der Waals surface area contributed by atoms with Gasteiger partial charge < -0.3 is 10.8 Å². The van der Waals surface area contributed by atoms with Gasteiger partial charge in [0.2, 0.25) is 0 Å². The minimum Gasteiger partial charge on any atom is -0.478 e. The molecule has 7 heteroatoms. The van der Waals surface area contributed by atoms with Gasteiger partial charge in [-0.15, -0.1) is 0 Å². The fourth-order valence-electron chi connectivity index (χ4n) is 2.59. The van der Waals surface area contributed by atoms with Gasteiger partial charge in [0, 0.05) is 15.6 Å². The number of nitrogens with two attached hydrogens (primary N) is 1. The van der Waals surface area contributed by atoms with E-state index in [1.165, 1.54) is 12.3 Å². The third kappa shape index (κ3) is 3.95. The van der Waals surface area contributed by atoms with Crippen LogP contribution < -0.4 is 5.73 Å². The van der Waals surface area contributed by atoms with Crippen molar-refractivity contribution in [2.45, 2.75) is 12.8 Å². The first-order chi connectivity index (χ1) is 12.5. The molecular formula is C19H15Cl2N3O2. The standard InChI is InChI=1S/C19H15Cl2N3O2/c20-14-5-2-6-15(21)13(14)7-8-16-18(22)23-10-17(24-16)11-3-1-4-12(9-11)19(25)26/h1-6,9-10H,7-8H2,(H2,22,23)(H,25,26). The Morgan fingerprint density at radius 3 is 2.46 bits per heavy atom. The Morgan fingerprint density at radius 2 is 1.77 bits per heavy atom. The molecule has 0 unspecified atom stereocenters. The van der Waals surface area contributed by atoms with Crippen LogP contribution in [-0.4, -0.2) is 21.0 Å². The smallest absolute Gasteiger partial charge is 0.335 e. The van der Waals surface area contributed by atoms with Crippen molar-refractivity contribution in [3.05, 3.63) is 75.5 Å². The van der Waals surface area contributed by atoms with Crippen LogP contribution >= 0.6 is 23.2 Å². The van der Waals surface area contributed by atoms with Crippen LogP contribution in [0, 0.1) is 0 Å². The lowest BCUT2D eigenvalue weighted by atomic mass is 10.1. The van der Waals surface area contributed by atoms with Crippen molar-refractivity contribution in [2.24, 2.45) is 0 Å². The summed E-state index contributed by atoms with van der Waals surface area (Å²) in [7, 11) is 0. The van der Waals surface area contributed by atoms with Gasteiger partial charge in [-0.25, -0.2) is 14.8 Å². The predicted octanol–water partition coefficient (Wildman–Crippen LogP) is 4.52. The number of anilines is 1. The number of halogens is 2. The van der Waals surface area contributed by atoms with Crippen molar-refractivity contribution in [1.29, 1.82) is 0 Å². The zero-order valence-corrected chi connectivity index (χ0v) is 15.1. The van der Waals surface area contributed by atoms with Crippen molar-refractivity contribution in [1.82, 2.24) is 9.97 Å². The number of hydrogen-bond donors (Lipinski definition) is 2. The molecule has 5 nitrogen and oxygen atoms in total. The second-order valence-corrected chi connectivity index (χ2v) is 6.49. The van der Waals surface area contributed by atoms with Gasteiger partial charge >= 0.3 is 5.97 Å². The van der Waals surface area contributed by atoms with E-state index in [4.69, 9.17) is 34.0 Å². The predicted molar refractivity (Wildman–Crippen MR) is 103 cm³/mol. The largest absolute Gasteiger partial charge is 0.478 e. The van der Waals surface area contributed by atoms with E-state index in [0.29, 0.717) is 45.7 Å². The summed E-state index contributed by atoms with van der Waals surface area (Å²) in [6.45, 7) is 0. The molecule has 0 spiro atoms. The van der Waals surface area contributed by atoms with Crippen LogP contribution in [0.1, 0.15) is 21.6 Å². The first kappa shape index (κ1) is 18.2. The van der Waals surface area contributed by atoms with E-state index in [2.05, 4.69) is 9.97 Å². The van der Waals surface area contributed by atoms with E-state index in [1.54, 1.807) is 36.4 Å². The SMILES string of the molecule is Nc1ncc(-c2cccc(C(=O)O)c2)nc1CCc1c(Cl)cccc1Cl. The molecule has 0 amide bonds. The quantitative estimate of drug-likeness (QED) is 0.671. The molecule has 0 radical (unpaired) electrons. The van der Waals surface area contributed by atoms with Crippen molar-refractivity contribution >= 4 is 35.0 Å². The highest BCUT2D eigenvalue weighted by Gasteiger charge is 2.11. The van der Waals surface area contributed by atoms with E-state index < -0.39 is 5.97 Å². The normalized spacial score (nSPS) is 10.7. The highest BCUT2D eigenvalue weighted by Crippen LogP contribution is 2.27. The molecule has 0 fully saturated rings. The van der Waals surface area contributed by atoms with Crippen LogP contribution in [0.3, 0.4) is 0 Å². The maximum Gasteiger partial charge on any atom is 0.335 e. The fraction of sp³-hybridized carbons (Fsp3) is 0.105. The maximum atomic E-state index is 11.1. The maximum absolute atomic E-state index is 11.1. The number of nitrogens with zero attached hydrogens (tertiary/aromatic N) is 2. The zero-order valence-electron chi connectivity index (χ0n) is 13.6. The van der Waals surface area contributed by atoms with E-state index >= 15 is 0 Å². The third-order valence-corrected chi connectivity index (χ3v) is 4.66. The Hall–Kier alpha value is -2.63. The van der Waals surface area contributed by atoms with E-state index in [-0.39, 0.29) is 5.56 Å². The van der Waals surface area contributed by atoms with Gasteiger partial charge in [-0.3, -0.25) is 0 Å². The number of aromatic carboxylic acids is 1. The Bertz CT molecular complexity index is 956. The van der Waals surface area contributed by atoms with Gasteiger partial charge in [0.05, 0.1) is 23.1 Å². The van der Waals surface area contributed by atoms with E-state index in [1.807, 2.05) is 0 Å². The Kier molecular flexibility index (Phi) is 5.40. The summed E-state index contributed by atoms with van der Waals surface area (Å²) in [5.41, 5.74) is 8.80. The molecule has 0 aliphatic rings. The van der Waals surface area contributed by atoms with Gasteiger partial charge in [-0.05, 0) is 42.7 Å².